The lowest BCUT2D eigenvalue weighted by molar-refractivity contribution is 0.0636. The van der Waals surface area contributed by atoms with Crippen LogP contribution in [0.3, 0.4) is 0 Å². The van der Waals surface area contributed by atoms with Gasteiger partial charge in [0.05, 0.1) is 11.6 Å². The fourth-order valence-corrected chi connectivity index (χ4v) is 2.72. The number of amides is 2. The number of carbonyl (C=O) groups is 2. The second-order valence-corrected chi connectivity index (χ2v) is 7.55. The summed E-state index contributed by atoms with van der Waals surface area (Å²) in [5.74, 6) is -0.262. The molecule has 6 heteroatoms. The van der Waals surface area contributed by atoms with E-state index in [9.17, 15) is 9.59 Å². The molecule has 0 unspecified atom stereocenters. The van der Waals surface area contributed by atoms with Crippen molar-refractivity contribution in [3.8, 4) is 6.07 Å². The quantitative estimate of drug-likeness (QED) is 0.637. The summed E-state index contributed by atoms with van der Waals surface area (Å²) in [6.07, 6.45) is -0.551. The maximum absolute atomic E-state index is 12.5. The van der Waals surface area contributed by atoms with Gasteiger partial charge in [0.2, 0.25) is 0 Å². The maximum atomic E-state index is 12.5. The van der Waals surface area contributed by atoms with Crippen LogP contribution >= 0.6 is 0 Å². The lowest BCUT2D eigenvalue weighted by Gasteiger charge is -2.19. The Kier molecular flexibility index (Phi) is 5.51. The van der Waals surface area contributed by atoms with Crippen molar-refractivity contribution in [2.75, 3.05) is 10.6 Å². The lowest BCUT2D eigenvalue weighted by atomic mass is 10.1. The van der Waals surface area contributed by atoms with Gasteiger partial charge in [0.15, 0.2) is 0 Å². The molecule has 0 aliphatic carbocycles. The fraction of sp³-hybridized carbons (Fsp3) is 0.174. The van der Waals surface area contributed by atoms with Crippen molar-refractivity contribution in [3.63, 3.8) is 0 Å². The highest BCUT2D eigenvalue weighted by molar-refractivity contribution is 6.05. The second kappa shape index (κ2) is 8.03. The van der Waals surface area contributed by atoms with Crippen molar-refractivity contribution >= 4 is 34.1 Å². The number of hydrogen-bond donors (Lipinski definition) is 2. The van der Waals surface area contributed by atoms with Crippen LogP contribution in [0, 0.1) is 11.3 Å². The molecule has 3 aromatic carbocycles. The second-order valence-electron chi connectivity index (χ2n) is 7.55. The van der Waals surface area contributed by atoms with Crippen LogP contribution in [0.2, 0.25) is 0 Å². The zero-order valence-corrected chi connectivity index (χ0v) is 16.4. The molecule has 3 aromatic rings. The van der Waals surface area contributed by atoms with Crippen LogP contribution in [0.15, 0.2) is 60.7 Å². The smallest absolute Gasteiger partial charge is 0.412 e. The van der Waals surface area contributed by atoms with E-state index in [0.29, 0.717) is 22.5 Å². The Balaban J connectivity index is 1.67. The third-order valence-electron chi connectivity index (χ3n) is 4.02. The normalized spacial score (nSPS) is 10.8. The molecule has 0 radical (unpaired) electrons. The summed E-state index contributed by atoms with van der Waals surface area (Å²) in [6, 6.07) is 19.5. The Labute approximate surface area is 169 Å². The summed E-state index contributed by atoms with van der Waals surface area (Å²) in [6.45, 7) is 5.36. The van der Waals surface area contributed by atoms with E-state index in [-0.39, 0.29) is 5.91 Å². The first kappa shape index (κ1) is 19.9. The van der Waals surface area contributed by atoms with Gasteiger partial charge in [-0.25, -0.2) is 4.79 Å². The van der Waals surface area contributed by atoms with Gasteiger partial charge in [-0.1, -0.05) is 12.1 Å². The van der Waals surface area contributed by atoms with Crippen LogP contribution in [0.25, 0.3) is 10.8 Å². The molecule has 3 rings (SSSR count). The van der Waals surface area contributed by atoms with E-state index in [0.717, 1.165) is 10.8 Å². The minimum absolute atomic E-state index is 0.262. The summed E-state index contributed by atoms with van der Waals surface area (Å²) < 4.78 is 5.20. The number of hydrogen-bond acceptors (Lipinski definition) is 4. The first-order chi connectivity index (χ1) is 13.7. The van der Waals surface area contributed by atoms with Crippen molar-refractivity contribution in [2.45, 2.75) is 26.4 Å². The minimum atomic E-state index is -0.583. The lowest BCUT2D eigenvalue weighted by Crippen LogP contribution is -2.27. The third-order valence-corrected chi connectivity index (χ3v) is 4.02. The van der Waals surface area contributed by atoms with Gasteiger partial charge in [0.25, 0.3) is 5.91 Å². The van der Waals surface area contributed by atoms with Crippen LogP contribution in [-0.4, -0.2) is 17.6 Å². The number of anilines is 2. The summed E-state index contributed by atoms with van der Waals surface area (Å²) in [5, 5.41) is 16.3. The maximum Gasteiger partial charge on any atom is 0.412 e. The Morgan fingerprint density at radius 2 is 1.48 bits per heavy atom. The van der Waals surface area contributed by atoms with Crippen LogP contribution in [0.1, 0.15) is 36.7 Å². The van der Waals surface area contributed by atoms with E-state index >= 15 is 0 Å². The number of rotatable bonds is 3. The Morgan fingerprint density at radius 3 is 2.14 bits per heavy atom. The molecule has 0 spiro atoms. The van der Waals surface area contributed by atoms with Gasteiger partial charge in [-0.15, -0.1) is 0 Å². The highest BCUT2D eigenvalue weighted by atomic mass is 16.6. The third kappa shape index (κ3) is 5.33. The first-order valence-corrected chi connectivity index (χ1v) is 9.09. The van der Waals surface area contributed by atoms with E-state index < -0.39 is 11.7 Å². The summed E-state index contributed by atoms with van der Waals surface area (Å²) in [4.78, 5) is 24.3. The fourth-order valence-electron chi connectivity index (χ4n) is 2.72. The van der Waals surface area contributed by atoms with Crippen LogP contribution < -0.4 is 10.6 Å². The van der Waals surface area contributed by atoms with Gasteiger partial charge in [-0.2, -0.15) is 5.26 Å². The van der Waals surface area contributed by atoms with E-state index in [1.807, 2.05) is 18.2 Å². The van der Waals surface area contributed by atoms with Crippen molar-refractivity contribution in [1.29, 1.82) is 5.26 Å². The topological polar surface area (TPSA) is 91.2 Å². The Hall–Kier alpha value is -3.85. The molecule has 2 amide bonds. The molecule has 0 fully saturated rings. The first-order valence-electron chi connectivity index (χ1n) is 9.09. The van der Waals surface area contributed by atoms with Crippen LogP contribution in [0.4, 0.5) is 16.2 Å². The van der Waals surface area contributed by atoms with Crippen molar-refractivity contribution in [1.82, 2.24) is 0 Å². The van der Waals surface area contributed by atoms with Gasteiger partial charge >= 0.3 is 6.09 Å². The van der Waals surface area contributed by atoms with Gasteiger partial charge in [-0.3, -0.25) is 10.1 Å². The predicted octanol–water partition coefficient (Wildman–Crippen LogP) is 5.31. The molecular formula is C23H21N3O3. The van der Waals surface area contributed by atoms with E-state index in [1.54, 1.807) is 63.2 Å². The molecule has 6 nitrogen and oxygen atoms in total. The molecule has 0 bridgehead atoms. The van der Waals surface area contributed by atoms with Crippen molar-refractivity contribution in [3.05, 3.63) is 71.8 Å². The Bertz CT molecular complexity index is 1110. The van der Waals surface area contributed by atoms with Gasteiger partial charge in [0, 0.05) is 16.9 Å². The molecular weight excluding hydrogens is 366 g/mol. The molecule has 0 aromatic heterocycles. The van der Waals surface area contributed by atoms with E-state index in [4.69, 9.17) is 10.00 Å². The summed E-state index contributed by atoms with van der Waals surface area (Å²) >= 11 is 0. The monoisotopic (exact) mass is 387 g/mol. The average Bonchev–Trinajstić information content (AvgIpc) is 2.66. The standard InChI is InChI=1S/C23H21N3O3/c1-23(2,3)29-22(28)26-19-9-6-16(7-10-19)21(27)25-20-11-8-17-12-15(14-24)4-5-18(17)13-20/h4-13H,1-3H3,(H,25,27)(H,26,28). The van der Waals surface area contributed by atoms with Gasteiger partial charge in [-0.05, 0) is 80.1 Å². The Morgan fingerprint density at radius 1 is 0.862 bits per heavy atom. The zero-order valence-electron chi connectivity index (χ0n) is 16.4. The van der Waals surface area contributed by atoms with Crippen molar-refractivity contribution < 1.29 is 14.3 Å². The van der Waals surface area contributed by atoms with Gasteiger partial charge in [0.1, 0.15) is 5.60 Å². The molecule has 0 aliphatic rings. The summed E-state index contributed by atoms with van der Waals surface area (Å²) in [5.41, 5.74) is 1.66. The number of nitriles is 1. The highest BCUT2D eigenvalue weighted by Gasteiger charge is 2.16. The zero-order chi connectivity index (χ0) is 21.0. The predicted molar refractivity (Wildman–Crippen MR) is 113 cm³/mol. The van der Waals surface area contributed by atoms with Crippen LogP contribution in [0.5, 0.6) is 0 Å². The molecule has 146 valence electrons. The molecule has 29 heavy (non-hydrogen) atoms. The molecule has 2 N–H and O–H groups in total. The molecule has 0 atom stereocenters. The minimum Gasteiger partial charge on any atom is -0.444 e. The van der Waals surface area contributed by atoms with Gasteiger partial charge < -0.3 is 10.1 Å². The van der Waals surface area contributed by atoms with E-state index in [1.165, 1.54) is 0 Å². The molecule has 0 saturated heterocycles. The summed E-state index contributed by atoms with van der Waals surface area (Å²) in [7, 11) is 0. The SMILES string of the molecule is CC(C)(C)OC(=O)Nc1ccc(C(=O)Nc2ccc3cc(C#N)ccc3c2)cc1. The number of ether oxygens (including phenoxy) is 1. The number of nitrogens with zero attached hydrogens (tertiary/aromatic N) is 1. The molecule has 0 heterocycles. The number of carbonyl (C=O) groups excluding carboxylic acids is 2. The number of benzene rings is 3. The largest absolute Gasteiger partial charge is 0.444 e. The molecule has 0 aliphatic heterocycles. The number of nitrogens with one attached hydrogen (secondary N) is 2. The van der Waals surface area contributed by atoms with Crippen molar-refractivity contribution in [2.24, 2.45) is 0 Å². The van der Waals surface area contributed by atoms with E-state index in [2.05, 4.69) is 16.7 Å². The highest BCUT2D eigenvalue weighted by Crippen LogP contribution is 2.21. The van der Waals surface area contributed by atoms with Crippen LogP contribution in [-0.2, 0) is 4.74 Å². The number of fused-ring (bicyclic) bond motifs is 1. The average molecular weight is 387 g/mol. The molecule has 0 saturated carbocycles.